The molecule has 0 radical (unpaired) electrons. The summed E-state index contributed by atoms with van der Waals surface area (Å²) in [5, 5.41) is 17.5. The Hall–Kier alpha value is -3.78. The van der Waals surface area contributed by atoms with Gasteiger partial charge in [0.15, 0.2) is 22.3 Å². The molecular formula is C27H25ClN6O3S. The number of ether oxygens (including phenoxy) is 3. The van der Waals surface area contributed by atoms with Gasteiger partial charge in [0.1, 0.15) is 22.2 Å². The van der Waals surface area contributed by atoms with Crippen molar-refractivity contribution in [1.82, 2.24) is 14.9 Å². The average Bonchev–Trinajstić information content (AvgIpc) is 3.57. The maximum Gasteiger partial charge on any atom is 0.231 e. The lowest BCUT2D eigenvalue weighted by atomic mass is 10.00. The Morgan fingerprint density at radius 2 is 2.05 bits per heavy atom. The predicted octanol–water partition coefficient (Wildman–Crippen LogP) is 6.15. The summed E-state index contributed by atoms with van der Waals surface area (Å²) in [7, 11) is 2.16. The van der Waals surface area contributed by atoms with Gasteiger partial charge in [-0.15, -0.1) is 0 Å². The number of thiazole rings is 1. The van der Waals surface area contributed by atoms with Crippen molar-refractivity contribution in [1.29, 1.82) is 5.26 Å². The number of pyridine rings is 1. The molecule has 38 heavy (non-hydrogen) atoms. The highest BCUT2D eigenvalue weighted by Gasteiger charge is 2.23. The first-order valence-corrected chi connectivity index (χ1v) is 13.5. The van der Waals surface area contributed by atoms with Gasteiger partial charge in [0.05, 0.1) is 22.9 Å². The van der Waals surface area contributed by atoms with E-state index in [2.05, 4.69) is 38.6 Å². The van der Waals surface area contributed by atoms with E-state index in [0.717, 1.165) is 29.3 Å². The van der Waals surface area contributed by atoms with Crippen LogP contribution in [0, 0.1) is 17.2 Å². The van der Waals surface area contributed by atoms with E-state index in [9.17, 15) is 5.26 Å². The first-order valence-electron chi connectivity index (χ1n) is 12.3. The summed E-state index contributed by atoms with van der Waals surface area (Å²) >= 11 is 7.86. The summed E-state index contributed by atoms with van der Waals surface area (Å²) in [5.74, 6) is 2.50. The first kappa shape index (κ1) is 24.6. The molecule has 4 heterocycles. The van der Waals surface area contributed by atoms with E-state index in [1.54, 1.807) is 12.1 Å². The molecule has 2 N–H and O–H groups in total. The minimum Gasteiger partial charge on any atom is -0.493 e. The Bertz CT molecular complexity index is 1520. The Morgan fingerprint density at radius 1 is 1.18 bits per heavy atom. The number of nitrogens with zero attached hydrogens (tertiary/aromatic N) is 4. The number of piperidine rings is 1. The molecule has 2 aliphatic rings. The monoisotopic (exact) mass is 548 g/mol. The molecule has 1 atom stereocenters. The summed E-state index contributed by atoms with van der Waals surface area (Å²) < 4.78 is 17.8. The molecule has 2 aromatic heterocycles. The van der Waals surface area contributed by atoms with Crippen molar-refractivity contribution < 1.29 is 14.2 Å². The molecule has 0 bridgehead atoms. The van der Waals surface area contributed by atoms with Crippen LogP contribution in [0.25, 0.3) is 10.3 Å². The smallest absolute Gasteiger partial charge is 0.231 e. The SMILES string of the molecule is CN1CCCC(COc2ccc(Nc3nc4ncc(C#N)c(Nc5c(Cl)ccc6c5OCO6)c4s3)cc2)C1. The number of fused-ring (bicyclic) bond motifs is 2. The molecule has 9 nitrogen and oxygen atoms in total. The van der Waals surface area contributed by atoms with Gasteiger partial charge >= 0.3 is 0 Å². The molecule has 0 aliphatic carbocycles. The molecule has 6 rings (SSSR count). The van der Waals surface area contributed by atoms with Gasteiger partial charge in [-0.1, -0.05) is 22.9 Å². The van der Waals surface area contributed by atoms with Crippen LogP contribution in [0.4, 0.5) is 22.2 Å². The van der Waals surface area contributed by atoms with Crippen molar-refractivity contribution in [2.45, 2.75) is 12.8 Å². The van der Waals surface area contributed by atoms with E-state index < -0.39 is 0 Å². The van der Waals surface area contributed by atoms with Crippen LogP contribution in [0.1, 0.15) is 18.4 Å². The van der Waals surface area contributed by atoms with Crippen molar-refractivity contribution in [3.63, 3.8) is 0 Å². The zero-order chi connectivity index (χ0) is 26.1. The minimum atomic E-state index is 0.109. The second-order valence-electron chi connectivity index (χ2n) is 9.34. The Morgan fingerprint density at radius 3 is 2.87 bits per heavy atom. The molecule has 1 saturated heterocycles. The largest absolute Gasteiger partial charge is 0.493 e. The second-order valence-corrected chi connectivity index (χ2v) is 10.7. The normalized spacial score (nSPS) is 16.8. The molecule has 2 aliphatic heterocycles. The summed E-state index contributed by atoms with van der Waals surface area (Å²) in [6, 6.07) is 13.5. The number of likely N-dealkylation sites (tertiary alicyclic amines) is 1. The summed E-state index contributed by atoms with van der Waals surface area (Å²) in [6.45, 7) is 3.08. The van der Waals surface area contributed by atoms with Crippen LogP contribution in [0.2, 0.25) is 5.02 Å². The highest BCUT2D eigenvalue weighted by atomic mass is 35.5. The van der Waals surface area contributed by atoms with Gasteiger partial charge < -0.3 is 29.7 Å². The van der Waals surface area contributed by atoms with Crippen LogP contribution in [0.3, 0.4) is 0 Å². The average molecular weight is 549 g/mol. The first-order chi connectivity index (χ1) is 18.6. The van der Waals surface area contributed by atoms with Crippen LogP contribution in [-0.2, 0) is 0 Å². The van der Waals surface area contributed by atoms with Gasteiger partial charge in [-0.2, -0.15) is 10.2 Å². The van der Waals surface area contributed by atoms with Crippen molar-refractivity contribution in [3.05, 3.63) is 53.2 Å². The fourth-order valence-corrected chi connectivity index (χ4v) is 5.85. The molecular weight excluding hydrogens is 524 g/mol. The van der Waals surface area contributed by atoms with Gasteiger partial charge in [-0.05, 0) is 62.8 Å². The Balaban J connectivity index is 1.20. The number of benzene rings is 2. The maximum atomic E-state index is 9.76. The fourth-order valence-electron chi connectivity index (χ4n) is 4.71. The number of rotatable bonds is 7. The van der Waals surface area contributed by atoms with E-state index in [4.69, 9.17) is 25.8 Å². The summed E-state index contributed by atoms with van der Waals surface area (Å²) in [6.07, 6.45) is 3.93. The number of nitriles is 1. The number of anilines is 4. The van der Waals surface area contributed by atoms with E-state index >= 15 is 0 Å². The standard InChI is InChI=1S/C27H25ClN6O3S/c1-34-10-2-3-16(13-34)14-35-19-6-4-18(5-7-19)31-27-33-26-25(38-27)22(17(11-29)12-30-26)32-23-20(28)8-9-21-24(23)37-15-36-21/h4-9,12,16H,2-3,10,13-15H2,1H3,(H2,30,31,32,33). The molecule has 2 aromatic carbocycles. The van der Waals surface area contributed by atoms with Crippen LogP contribution >= 0.6 is 22.9 Å². The molecule has 0 amide bonds. The number of aromatic nitrogens is 2. The lowest BCUT2D eigenvalue weighted by Crippen LogP contribution is -2.34. The third-order valence-electron chi connectivity index (χ3n) is 6.59. The highest BCUT2D eigenvalue weighted by Crippen LogP contribution is 2.46. The van der Waals surface area contributed by atoms with E-state index in [1.807, 2.05) is 24.3 Å². The molecule has 0 spiro atoms. The molecule has 1 fully saturated rings. The minimum absolute atomic E-state index is 0.109. The predicted molar refractivity (Wildman–Crippen MR) is 148 cm³/mol. The highest BCUT2D eigenvalue weighted by molar-refractivity contribution is 7.22. The van der Waals surface area contributed by atoms with Crippen molar-refractivity contribution in [3.8, 4) is 23.3 Å². The van der Waals surface area contributed by atoms with Gasteiger partial charge in [0.25, 0.3) is 0 Å². The van der Waals surface area contributed by atoms with Crippen LogP contribution in [-0.4, -0.2) is 48.4 Å². The Kier molecular flexibility index (Phi) is 6.81. The van der Waals surface area contributed by atoms with E-state index in [-0.39, 0.29) is 6.79 Å². The number of hydrogen-bond donors (Lipinski definition) is 2. The molecule has 0 saturated carbocycles. The lowest BCUT2D eigenvalue weighted by Gasteiger charge is -2.29. The zero-order valence-electron chi connectivity index (χ0n) is 20.7. The quantitative estimate of drug-likeness (QED) is 0.281. The molecule has 4 aromatic rings. The number of nitrogens with one attached hydrogen (secondary N) is 2. The maximum absolute atomic E-state index is 9.76. The van der Waals surface area contributed by atoms with Gasteiger partial charge in [-0.3, -0.25) is 0 Å². The van der Waals surface area contributed by atoms with Gasteiger partial charge in [0, 0.05) is 24.3 Å². The topological polar surface area (TPSA) is 105 Å². The third kappa shape index (κ3) is 5.00. The fraction of sp³-hybridized carbons (Fsp3) is 0.296. The Labute approximate surface area is 228 Å². The van der Waals surface area contributed by atoms with E-state index in [0.29, 0.717) is 50.2 Å². The molecule has 1 unspecified atom stereocenters. The second kappa shape index (κ2) is 10.5. The van der Waals surface area contributed by atoms with Crippen LogP contribution < -0.4 is 24.8 Å². The van der Waals surface area contributed by atoms with Gasteiger partial charge in [-0.25, -0.2) is 4.98 Å². The number of hydrogen-bond acceptors (Lipinski definition) is 10. The van der Waals surface area contributed by atoms with Crippen molar-refractivity contribution in [2.75, 3.05) is 44.2 Å². The van der Waals surface area contributed by atoms with Crippen molar-refractivity contribution >= 4 is 55.5 Å². The van der Waals surface area contributed by atoms with Crippen molar-refractivity contribution in [2.24, 2.45) is 5.92 Å². The number of halogens is 1. The third-order valence-corrected chi connectivity index (χ3v) is 7.89. The van der Waals surface area contributed by atoms with Crippen LogP contribution in [0.15, 0.2) is 42.6 Å². The zero-order valence-corrected chi connectivity index (χ0v) is 22.2. The summed E-state index contributed by atoms with van der Waals surface area (Å²) in [5.41, 5.74) is 2.84. The lowest BCUT2D eigenvalue weighted by molar-refractivity contribution is 0.150. The van der Waals surface area contributed by atoms with Crippen LogP contribution in [0.5, 0.6) is 17.2 Å². The van der Waals surface area contributed by atoms with Gasteiger partial charge in [0.2, 0.25) is 6.79 Å². The molecule has 194 valence electrons. The summed E-state index contributed by atoms with van der Waals surface area (Å²) in [4.78, 5) is 11.4. The molecule has 11 heteroatoms. The van der Waals surface area contributed by atoms with E-state index in [1.165, 1.54) is 36.9 Å².